The van der Waals surface area contributed by atoms with E-state index in [0.717, 1.165) is 18.6 Å². The van der Waals surface area contributed by atoms with Gasteiger partial charge in [-0.15, -0.1) is 0 Å². The maximum Gasteiger partial charge on any atom is 0.282 e. The maximum atomic E-state index is 12.9. The van der Waals surface area contributed by atoms with Crippen molar-refractivity contribution < 1.29 is 27.4 Å². The Labute approximate surface area is 179 Å². The van der Waals surface area contributed by atoms with Gasteiger partial charge in [0.05, 0.1) is 31.5 Å². The highest BCUT2D eigenvalue weighted by atomic mass is 32.2. The van der Waals surface area contributed by atoms with Crippen LogP contribution < -0.4 is 4.74 Å². The normalized spacial score (nSPS) is 25.9. The number of para-hydroxylation sites is 1. The van der Waals surface area contributed by atoms with E-state index in [1.165, 1.54) is 4.31 Å². The van der Waals surface area contributed by atoms with Crippen LogP contribution in [0.5, 0.6) is 5.75 Å². The molecule has 1 unspecified atom stereocenters. The highest BCUT2D eigenvalue weighted by Gasteiger charge is 2.44. The van der Waals surface area contributed by atoms with Gasteiger partial charge in [-0.05, 0) is 31.4 Å². The van der Waals surface area contributed by atoms with E-state index in [1.54, 1.807) is 4.31 Å². The fourth-order valence-corrected chi connectivity index (χ4v) is 6.01. The van der Waals surface area contributed by atoms with E-state index in [1.807, 2.05) is 30.3 Å². The zero-order valence-corrected chi connectivity index (χ0v) is 18.2. The quantitative estimate of drug-likeness (QED) is 0.601. The van der Waals surface area contributed by atoms with Gasteiger partial charge in [-0.1, -0.05) is 18.2 Å². The molecule has 8 nitrogen and oxygen atoms in total. The fourth-order valence-electron chi connectivity index (χ4n) is 4.43. The number of hydrogen-bond acceptors (Lipinski definition) is 6. The minimum absolute atomic E-state index is 0.125. The van der Waals surface area contributed by atoms with Crippen molar-refractivity contribution in [2.45, 2.75) is 37.4 Å². The number of hydrogen-bond donors (Lipinski definition) is 0. The highest BCUT2D eigenvalue weighted by Crippen LogP contribution is 2.37. The lowest BCUT2D eigenvalue weighted by Gasteiger charge is -2.46. The second-order valence-corrected chi connectivity index (χ2v) is 10.0. The van der Waals surface area contributed by atoms with Gasteiger partial charge in [-0.3, -0.25) is 0 Å². The van der Waals surface area contributed by atoms with Crippen molar-refractivity contribution in [1.29, 1.82) is 0 Å². The lowest BCUT2D eigenvalue weighted by atomic mass is 9.84. The molecule has 0 aliphatic carbocycles. The number of nitrogens with zero attached hydrogens (tertiary/aromatic N) is 2. The molecule has 0 amide bonds. The summed E-state index contributed by atoms with van der Waals surface area (Å²) in [6.07, 6.45) is 3.21. The van der Waals surface area contributed by atoms with Crippen molar-refractivity contribution in [2.24, 2.45) is 0 Å². The molecular weight excluding hydrogens is 408 g/mol. The third-order valence-corrected chi connectivity index (χ3v) is 8.19. The molecule has 3 fully saturated rings. The van der Waals surface area contributed by atoms with Crippen molar-refractivity contribution in [3.05, 3.63) is 30.3 Å². The van der Waals surface area contributed by atoms with Crippen LogP contribution in [0.2, 0.25) is 0 Å². The Kier molecular flexibility index (Phi) is 7.28. The lowest BCUT2D eigenvalue weighted by Crippen LogP contribution is -2.55. The third-order valence-electron chi connectivity index (χ3n) is 6.15. The number of piperidine rings is 1. The summed E-state index contributed by atoms with van der Waals surface area (Å²) < 4.78 is 52.1. The zero-order valence-electron chi connectivity index (χ0n) is 17.4. The molecular formula is C21H32N2O6S. The van der Waals surface area contributed by atoms with Crippen LogP contribution in [0.25, 0.3) is 0 Å². The van der Waals surface area contributed by atoms with E-state index in [9.17, 15) is 8.42 Å². The standard InChI is InChI=1S/C21H32N2O6S/c24-30(25,23-11-14-26-15-12-23)22-9-7-21(8-10-22)18-20(6-13-29-21)28-17-16-27-19-4-2-1-3-5-19/h1-5,20H,6-18H2. The van der Waals surface area contributed by atoms with Crippen molar-refractivity contribution in [3.8, 4) is 5.75 Å². The van der Waals surface area contributed by atoms with Crippen LogP contribution >= 0.6 is 0 Å². The average molecular weight is 441 g/mol. The molecule has 0 aromatic heterocycles. The predicted molar refractivity (Wildman–Crippen MR) is 112 cm³/mol. The molecule has 0 bridgehead atoms. The van der Waals surface area contributed by atoms with Crippen molar-refractivity contribution in [3.63, 3.8) is 0 Å². The minimum Gasteiger partial charge on any atom is -0.491 e. The molecule has 1 atom stereocenters. The first-order valence-electron chi connectivity index (χ1n) is 10.8. The summed E-state index contributed by atoms with van der Waals surface area (Å²) >= 11 is 0. The number of rotatable bonds is 7. The summed E-state index contributed by atoms with van der Waals surface area (Å²) in [7, 11) is -3.41. The van der Waals surface area contributed by atoms with Crippen molar-refractivity contribution in [1.82, 2.24) is 8.61 Å². The molecule has 30 heavy (non-hydrogen) atoms. The largest absolute Gasteiger partial charge is 0.491 e. The van der Waals surface area contributed by atoms with Crippen LogP contribution in [0.1, 0.15) is 25.7 Å². The first-order chi connectivity index (χ1) is 14.6. The topological polar surface area (TPSA) is 77.5 Å². The second kappa shape index (κ2) is 9.93. The van der Waals surface area contributed by atoms with Crippen LogP contribution in [-0.2, 0) is 24.4 Å². The van der Waals surface area contributed by atoms with Gasteiger partial charge in [-0.25, -0.2) is 0 Å². The summed E-state index contributed by atoms with van der Waals surface area (Å²) in [5.41, 5.74) is -0.278. The molecule has 4 rings (SSSR count). The Bertz CT molecular complexity index is 761. The maximum absolute atomic E-state index is 12.9. The van der Waals surface area contributed by atoms with Gasteiger partial charge in [0, 0.05) is 39.2 Å². The van der Waals surface area contributed by atoms with E-state index in [-0.39, 0.29) is 11.7 Å². The SMILES string of the molecule is O=S(=O)(N1CCOCC1)N1CCC2(CC1)CC(OCCOc1ccccc1)CCO2. The minimum atomic E-state index is -3.41. The summed E-state index contributed by atoms with van der Waals surface area (Å²) in [6.45, 7) is 4.48. The Morgan fingerprint density at radius 3 is 2.40 bits per heavy atom. The molecule has 1 spiro atoms. The van der Waals surface area contributed by atoms with Gasteiger partial charge in [0.2, 0.25) is 0 Å². The average Bonchev–Trinajstić information content (AvgIpc) is 2.79. The number of ether oxygens (including phenoxy) is 4. The van der Waals surface area contributed by atoms with E-state index < -0.39 is 10.2 Å². The van der Waals surface area contributed by atoms with Crippen molar-refractivity contribution in [2.75, 3.05) is 59.2 Å². The van der Waals surface area contributed by atoms with Crippen LogP contribution in [-0.4, -0.2) is 87.9 Å². The molecule has 0 N–H and O–H groups in total. The monoisotopic (exact) mass is 440 g/mol. The molecule has 168 valence electrons. The molecule has 9 heteroatoms. The van der Waals surface area contributed by atoms with Gasteiger partial charge in [0.1, 0.15) is 12.4 Å². The molecule has 3 saturated heterocycles. The Morgan fingerprint density at radius 1 is 0.967 bits per heavy atom. The Balaban J connectivity index is 1.23. The van der Waals surface area contributed by atoms with Gasteiger partial charge in [0.25, 0.3) is 10.2 Å². The van der Waals surface area contributed by atoms with Crippen molar-refractivity contribution >= 4 is 10.2 Å². The lowest BCUT2D eigenvalue weighted by molar-refractivity contribution is -0.151. The highest BCUT2D eigenvalue weighted by molar-refractivity contribution is 7.86. The number of benzene rings is 1. The van der Waals surface area contributed by atoms with E-state index in [4.69, 9.17) is 18.9 Å². The van der Waals surface area contributed by atoms with Gasteiger partial charge < -0.3 is 18.9 Å². The summed E-state index contributed by atoms with van der Waals surface area (Å²) in [5, 5.41) is 0. The van der Waals surface area contributed by atoms with E-state index >= 15 is 0 Å². The molecule has 1 aromatic carbocycles. The first kappa shape index (κ1) is 22.0. The summed E-state index contributed by atoms with van der Waals surface area (Å²) in [5.74, 6) is 0.846. The summed E-state index contributed by atoms with van der Waals surface area (Å²) in [6, 6.07) is 9.72. The number of morpholine rings is 1. The van der Waals surface area contributed by atoms with Gasteiger partial charge in [-0.2, -0.15) is 17.0 Å². The zero-order chi connectivity index (χ0) is 20.9. The molecule has 0 saturated carbocycles. The Morgan fingerprint density at radius 2 is 1.67 bits per heavy atom. The van der Waals surface area contributed by atoms with E-state index in [0.29, 0.717) is 72.1 Å². The first-order valence-corrected chi connectivity index (χ1v) is 12.2. The molecule has 1 aromatic rings. The van der Waals surface area contributed by atoms with Crippen LogP contribution in [0, 0.1) is 0 Å². The summed E-state index contributed by atoms with van der Waals surface area (Å²) in [4.78, 5) is 0. The second-order valence-electron chi connectivity index (χ2n) is 8.10. The van der Waals surface area contributed by atoms with Gasteiger partial charge >= 0.3 is 0 Å². The van der Waals surface area contributed by atoms with E-state index in [2.05, 4.69) is 0 Å². The van der Waals surface area contributed by atoms with Crippen LogP contribution in [0.4, 0.5) is 0 Å². The smallest absolute Gasteiger partial charge is 0.282 e. The van der Waals surface area contributed by atoms with Gasteiger partial charge in [0.15, 0.2) is 0 Å². The fraction of sp³-hybridized carbons (Fsp3) is 0.714. The molecule has 0 radical (unpaired) electrons. The van der Waals surface area contributed by atoms with Crippen LogP contribution in [0.15, 0.2) is 30.3 Å². The Hall–Kier alpha value is -1.23. The molecule has 3 heterocycles. The molecule has 3 aliphatic heterocycles. The predicted octanol–water partition coefficient (Wildman–Crippen LogP) is 1.67. The van der Waals surface area contributed by atoms with Crippen LogP contribution in [0.3, 0.4) is 0 Å². The molecule has 3 aliphatic rings. The third kappa shape index (κ3) is 5.33.